The number of hydrogen-bond donors (Lipinski definition) is 1. The molecule has 2 aromatic heterocycles. The molecule has 3 rings (SSSR count). The van der Waals surface area contributed by atoms with Gasteiger partial charge in [-0.1, -0.05) is 30.3 Å². The number of nitrogens with two attached hydrogens (primary N) is 1. The highest BCUT2D eigenvalue weighted by atomic mass is 32.2. The Bertz CT molecular complexity index is 1140. The number of thioether (sulfide) groups is 1. The smallest absolute Gasteiger partial charge is 0.332 e. The Kier molecular flexibility index (Phi) is 5.65. The molecule has 0 atom stereocenters. The van der Waals surface area contributed by atoms with Gasteiger partial charge in [-0.3, -0.25) is 18.7 Å². The zero-order valence-electron chi connectivity index (χ0n) is 15.1. The van der Waals surface area contributed by atoms with Crippen molar-refractivity contribution in [2.75, 3.05) is 11.5 Å². The minimum Gasteiger partial charge on any atom is -0.618 e. The van der Waals surface area contributed by atoms with E-state index in [2.05, 4.69) is 0 Å². The Hall–Kier alpha value is -3.33. The highest BCUT2D eigenvalue weighted by Crippen LogP contribution is 2.16. The van der Waals surface area contributed by atoms with Crippen LogP contribution in [0.25, 0.3) is 0 Å². The van der Waals surface area contributed by atoms with E-state index in [4.69, 9.17) is 5.73 Å². The van der Waals surface area contributed by atoms with Gasteiger partial charge in [0, 0.05) is 19.2 Å². The van der Waals surface area contributed by atoms with E-state index >= 15 is 0 Å². The van der Waals surface area contributed by atoms with Crippen LogP contribution in [0, 0.1) is 5.21 Å². The monoisotopic (exact) mass is 398 g/mol. The maximum atomic E-state index is 12.7. The largest absolute Gasteiger partial charge is 0.618 e. The van der Waals surface area contributed by atoms with Gasteiger partial charge >= 0.3 is 5.69 Å². The quantitative estimate of drug-likeness (QED) is 0.284. The molecule has 8 nitrogen and oxygen atoms in total. The lowest BCUT2D eigenvalue weighted by Crippen LogP contribution is -2.43. The van der Waals surface area contributed by atoms with Gasteiger partial charge in [-0.15, -0.1) is 0 Å². The van der Waals surface area contributed by atoms with Crippen molar-refractivity contribution in [3.05, 3.63) is 91.9 Å². The van der Waals surface area contributed by atoms with Gasteiger partial charge in [0.2, 0.25) is 0 Å². The number of carbonyl (C=O) groups excluding carboxylic acids is 1. The Labute approximate surface area is 164 Å². The van der Waals surface area contributed by atoms with Crippen LogP contribution in [0.3, 0.4) is 0 Å². The third kappa shape index (κ3) is 3.84. The number of rotatable bonds is 6. The number of hydrogen-bond acceptors (Lipinski definition) is 6. The molecule has 0 unspecified atom stereocenters. The van der Waals surface area contributed by atoms with Gasteiger partial charge in [-0.25, -0.2) is 4.79 Å². The molecule has 0 saturated carbocycles. The van der Waals surface area contributed by atoms with E-state index in [0.717, 1.165) is 21.9 Å². The summed E-state index contributed by atoms with van der Waals surface area (Å²) < 4.78 is 2.70. The molecule has 0 aliphatic heterocycles. The fourth-order valence-corrected chi connectivity index (χ4v) is 3.49. The standard InChI is InChI=1S/C19H18N4O4S/c1-21-18(25)16(14(24)12-28-15-9-5-6-10-23(15)27)17(20)22(19(21)26)11-13-7-3-2-4-8-13/h2-10H,11-12,20H2,1H3. The second-order valence-electron chi connectivity index (χ2n) is 6.06. The number of aromatic nitrogens is 3. The second kappa shape index (κ2) is 8.13. The first-order valence-electron chi connectivity index (χ1n) is 8.37. The normalized spacial score (nSPS) is 10.8. The van der Waals surface area contributed by atoms with E-state index in [9.17, 15) is 19.6 Å². The molecule has 2 N–H and O–H groups in total. The number of Topliss-reactive ketones (excluding diaryl/α,β-unsaturated/α-hetero) is 1. The lowest BCUT2D eigenvalue weighted by molar-refractivity contribution is -0.645. The van der Waals surface area contributed by atoms with E-state index in [0.29, 0.717) is 9.76 Å². The van der Waals surface area contributed by atoms with Crippen LogP contribution >= 0.6 is 11.8 Å². The van der Waals surface area contributed by atoms with E-state index in [-0.39, 0.29) is 23.7 Å². The maximum Gasteiger partial charge on any atom is 0.332 e. The van der Waals surface area contributed by atoms with Crippen LogP contribution in [-0.4, -0.2) is 20.7 Å². The predicted molar refractivity (Wildman–Crippen MR) is 106 cm³/mol. The number of pyridine rings is 1. The number of anilines is 1. The van der Waals surface area contributed by atoms with E-state index in [1.165, 1.54) is 17.8 Å². The first-order chi connectivity index (χ1) is 13.4. The van der Waals surface area contributed by atoms with Crippen LogP contribution < -0.4 is 21.7 Å². The minimum atomic E-state index is -0.750. The number of carbonyl (C=O) groups is 1. The summed E-state index contributed by atoms with van der Waals surface area (Å²) in [6, 6.07) is 13.9. The molecule has 0 aliphatic rings. The van der Waals surface area contributed by atoms with Crippen molar-refractivity contribution in [1.82, 2.24) is 9.13 Å². The number of ketones is 1. The van der Waals surface area contributed by atoms with Gasteiger partial charge in [0.15, 0.2) is 12.0 Å². The van der Waals surface area contributed by atoms with Gasteiger partial charge in [-0.2, -0.15) is 4.73 Å². The number of benzene rings is 1. The Morgan fingerprint density at radius 3 is 2.50 bits per heavy atom. The molecule has 0 bridgehead atoms. The lowest BCUT2D eigenvalue weighted by atomic mass is 10.2. The molecule has 0 saturated heterocycles. The van der Waals surface area contributed by atoms with Crippen molar-refractivity contribution in [2.24, 2.45) is 7.05 Å². The molecule has 0 radical (unpaired) electrons. The van der Waals surface area contributed by atoms with E-state index < -0.39 is 17.0 Å². The summed E-state index contributed by atoms with van der Waals surface area (Å²) >= 11 is 0.997. The van der Waals surface area contributed by atoms with Crippen molar-refractivity contribution < 1.29 is 9.52 Å². The third-order valence-electron chi connectivity index (χ3n) is 4.19. The average molecular weight is 398 g/mol. The number of nitrogens with zero attached hydrogens (tertiary/aromatic N) is 3. The molecule has 28 heavy (non-hydrogen) atoms. The van der Waals surface area contributed by atoms with Crippen molar-refractivity contribution in [3.63, 3.8) is 0 Å². The second-order valence-corrected chi connectivity index (χ2v) is 7.05. The Morgan fingerprint density at radius 2 is 1.82 bits per heavy atom. The Balaban J connectivity index is 1.96. The topological polar surface area (TPSA) is 114 Å². The van der Waals surface area contributed by atoms with Gasteiger partial charge < -0.3 is 10.9 Å². The summed E-state index contributed by atoms with van der Waals surface area (Å²) in [4.78, 5) is 37.7. The first kappa shape index (κ1) is 19.4. The number of nitrogen functional groups attached to an aromatic ring is 1. The Morgan fingerprint density at radius 1 is 1.14 bits per heavy atom. The molecule has 1 aromatic carbocycles. The summed E-state index contributed by atoms with van der Waals surface area (Å²) in [6.45, 7) is 0.131. The van der Waals surface area contributed by atoms with Crippen LogP contribution in [0.4, 0.5) is 5.82 Å². The summed E-state index contributed by atoms with van der Waals surface area (Å²) in [5.41, 5.74) is 5.26. The van der Waals surface area contributed by atoms with Gasteiger partial charge in [0.05, 0.1) is 12.3 Å². The van der Waals surface area contributed by atoms with Crippen LogP contribution in [0.2, 0.25) is 0 Å². The molecule has 0 aliphatic carbocycles. The van der Waals surface area contributed by atoms with Crippen molar-refractivity contribution in [2.45, 2.75) is 11.6 Å². The van der Waals surface area contributed by atoms with Gasteiger partial charge in [0.25, 0.3) is 10.6 Å². The lowest BCUT2D eigenvalue weighted by Gasteiger charge is -2.14. The fourth-order valence-electron chi connectivity index (χ4n) is 2.70. The van der Waals surface area contributed by atoms with Crippen molar-refractivity contribution >= 4 is 23.4 Å². The molecule has 144 valence electrons. The van der Waals surface area contributed by atoms with E-state index in [1.54, 1.807) is 18.2 Å². The molecular weight excluding hydrogens is 380 g/mol. The average Bonchev–Trinajstić information content (AvgIpc) is 2.70. The molecule has 0 amide bonds. The van der Waals surface area contributed by atoms with Crippen LogP contribution in [0.5, 0.6) is 0 Å². The van der Waals surface area contributed by atoms with Crippen LogP contribution in [0.1, 0.15) is 15.9 Å². The fraction of sp³-hybridized carbons (Fsp3) is 0.158. The highest BCUT2D eigenvalue weighted by Gasteiger charge is 2.22. The van der Waals surface area contributed by atoms with Gasteiger partial charge in [-0.05, 0) is 23.4 Å². The van der Waals surface area contributed by atoms with E-state index in [1.807, 2.05) is 30.3 Å². The third-order valence-corrected chi connectivity index (χ3v) is 5.20. The predicted octanol–water partition coefficient (Wildman–Crippen LogP) is 0.786. The maximum absolute atomic E-state index is 12.7. The minimum absolute atomic E-state index is 0.131. The molecule has 2 heterocycles. The molecule has 0 spiro atoms. The molecule has 3 aromatic rings. The summed E-state index contributed by atoms with van der Waals surface area (Å²) in [6.07, 6.45) is 1.32. The highest BCUT2D eigenvalue weighted by molar-refractivity contribution is 7.99. The first-order valence-corrected chi connectivity index (χ1v) is 9.36. The SMILES string of the molecule is Cn1c(=O)c(C(=O)CSc2cccc[n+]2[O-])c(N)n(Cc2ccccc2)c1=O. The molecule has 9 heteroatoms. The van der Waals surface area contributed by atoms with Crippen LogP contribution in [-0.2, 0) is 13.6 Å². The summed E-state index contributed by atoms with van der Waals surface area (Å²) in [7, 11) is 1.30. The summed E-state index contributed by atoms with van der Waals surface area (Å²) in [5.74, 6) is -0.880. The molecule has 0 fully saturated rings. The van der Waals surface area contributed by atoms with Crippen molar-refractivity contribution in [3.8, 4) is 0 Å². The van der Waals surface area contributed by atoms with Gasteiger partial charge in [0.1, 0.15) is 11.4 Å². The summed E-state index contributed by atoms with van der Waals surface area (Å²) in [5, 5.41) is 12.0. The zero-order chi connectivity index (χ0) is 20.3. The van der Waals surface area contributed by atoms with Crippen molar-refractivity contribution in [1.29, 1.82) is 0 Å². The van der Waals surface area contributed by atoms with Crippen LogP contribution in [0.15, 0.2) is 69.3 Å². The molecular formula is C19H18N4O4S. The zero-order valence-corrected chi connectivity index (χ0v) is 15.9.